The number of unbranched alkanes of at least 4 members (excludes halogenated alkanes) is 6. The number of hydrazone groups is 1. The molecule has 30 heavy (non-hydrogen) atoms. The third-order valence-corrected chi connectivity index (χ3v) is 4.53. The van der Waals surface area contributed by atoms with E-state index in [-0.39, 0.29) is 5.56 Å². The van der Waals surface area contributed by atoms with Gasteiger partial charge < -0.3 is 9.47 Å². The molecule has 2 N–H and O–H groups in total. The zero-order chi connectivity index (χ0) is 21.6. The Morgan fingerprint density at radius 1 is 1.03 bits per heavy atom. The monoisotopic (exact) mass is 414 g/mol. The van der Waals surface area contributed by atoms with Crippen molar-refractivity contribution in [1.82, 2.24) is 9.97 Å². The van der Waals surface area contributed by atoms with Crippen LogP contribution < -0.4 is 20.5 Å². The number of hydrogen-bond acceptors (Lipinski definition) is 6. The van der Waals surface area contributed by atoms with Gasteiger partial charge in [-0.2, -0.15) is 5.10 Å². The summed E-state index contributed by atoms with van der Waals surface area (Å²) in [5.74, 6) is 1.75. The molecule has 0 saturated carbocycles. The molecule has 164 valence electrons. The molecule has 0 aliphatic rings. The van der Waals surface area contributed by atoms with Crippen molar-refractivity contribution in [2.24, 2.45) is 5.10 Å². The topological polar surface area (TPSA) is 88.6 Å². The van der Waals surface area contributed by atoms with Crippen molar-refractivity contribution in [2.45, 2.75) is 65.7 Å². The minimum absolute atomic E-state index is 0.221. The Hall–Kier alpha value is -2.83. The van der Waals surface area contributed by atoms with Gasteiger partial charge in [0.15, 0.2) is 11.5 Å². The van der Waals surface area contributed by atoms with Gasteiger partial charge in [0.1, 0.15) is 0 Å². The predicted molar refractivity (Wildman–Crippen MR) is 122 cm³/mol. The lowest BCUT2D eigenvalue weighted by Gasteiger charge is -2.12. The first kappa shape index (κ1) is 23.4. The third-order valence-electron chi connectivity index (χ3n) is 4.53. The maximum absolute atomic E-state index is 11.5. The smallest absolute Gasteiger partial charge is 0.252 e. The summed E-state index contributed by atoms with van der Waals surface area (Å²) < 4.78 is 11.7. The summed E-state index contributed by atoms with van der Waals surface area (Å²) in [5, 5.41) is 4.14. The molecule has 1 aromatic heterocycles. The highest BCUT2D eigenvalue weighted by Gasteiger charge is 2.06. The molecule has 0 fully saturated rings. The molecule has 0 spiro atoms. The van der Waals surface area contributed by atoms with Crippen molar-refractivity contribution in [1.29, 1.82) is 0 Å². The molecule has 0 saturated heterocycles. The number of nitrogens with zero attached hydrogens (tertiary/aromatic N) is 2. The molecule has 7 nitrogen and oxygen atoms in total. The van der Waals surface area contributed by atoms with Crippen LogP contribution in [0.5, 0.6) is 11.5 Å². The summed E-state index contributed by atoms with van der Waals surface area (Å²) in [6, 6.07) is 7.14. The number of rotatable bonds is 14. The quantitative estimate of drug-likeness (QED) is 0.256. The third kappa shape index (κ3) is 8.68. The highest BCUT2D eigenvalue weighted by atomic mass is 16.5. The Morgan fingerprint density at radius 3 is 2.53 bits per heavy atom. The second kappa shape index (κ2) is 13.4. The summed E-state index contributed by atoms with van der Waals surface area (Å²) in [6.07, 6.45) is 10.4. The van der Waals surface area contributed by atoms with E-state index < -0.39 is 0 Å². The first-order valence-corrected chi connectivity index (χ1v) is 10.9. The number of aromatic nitrogens is 2. The number of nitrogens with one attached hydrogen (secondary N) is 2. The number of anilines is 1. The number of aromatic amines is 1. The second-order valence-corrected chi connectivity index (χ2v) is 7.21. The maximum Gasteiger partial charge on any atom is 0.252 e. The molecule has 2 rings (SSSR count). The van der Waals surface area contributed by atoms with E-state index in [1.165, 1.54) is 44.6 Å². The number of ether oxygens (including phenoxy) is 2. The summed E-state index contributed by atoms with van der Waals surface area (Å²) in [7, 11) is 0. The number of aryl methyl sites for hydroxylation is 1. The number of hydrogen-bond donors (Lipinski definition) is 2. The van der Waals surface area contributed by atoms with E-state index in [4.69, 9.17) is 9.47 Å². The largest absolute Gasteiger partial charge is 0.490 e. The molecule has 0 unspecified atom stereocenters. The summed E-state index contributed by atoms with van der Waals surface area (Å²) in [5.41, 5.74) is 3.99. The molecular formula is C23H34N4O3. The average Bonchev–Trinajstić information content (AvgIpc) is 2.71. The Balaban J connectivity index is 1.86. The van der Waals surface area contributed by atoms with Crippen LogP contribution in [0.3, 0.4) is 0 Å². The molecule has 0 atom stereocenters. The highest BCUT2D eigenvalue weighted by Crippen LogP contribution is 2.28. The van der Waals surface area contributed by atoms with Crippen LogP contribution in [0, 0.1) is 6.92 Å². The molecule has 0 amide bonds. The van der Waals surface area contributed by atoms with Gasteiger partial charge in [-0.25, -0.2) is 10.4 Å². The first-order chi connectivity index (χ1) is 14.6. The number of H-pyrrole nitrogens is 1. The predicted octanol–water partition coefficient (Wildman–Crippen LogP) is 5.05. The molecule has 0 bridgehead atoms. The van der Waals surface area contributed by atoms with Crippen LogP contribution in [0.15, 0.2) is 34.2 Å². The van der Waals surface area contributed by atoms with Crippen LogP contribution in [-0.2, 0) is 0 Å². The van der Waals surface area contributed by atoms with Crippen molar-refractivity contribution in [2.75, 3.05) is 18.6 Å². The Bertz CT molecular complexity index is 849. The van der Waals surface area contributed by atoms with E-state index in [9.17, 15) is 4.79 Å². The van der Waals surface area contributed by atoms with E-state index in [0.29, 0.717) is 30.6 Å². The van der Waals surface area contributed by atoms with Gasteiger partial charge in [-0.1, -0.05) is 45.4 Å². The summed E-state index contributed by atoms with van der Waals surface area (Å²) in [6.45, 7) is 7.18. The van der Waals surface area contributed by atoms with Gasteiger partial charge in [0.25, 0.3) is 5.56 Å². The molecule has 7 heteroatoms. The van der Waals surface area contributed by atoms with Gasteiger partial charge in [0.2, 0.25) is 5.95 Å². The van der Waals surface area contributed by atoms with Gasteiger partial charge >= 0.3 is 0 Å². The van der Waals surface area contributed by atoms with Gasteiger partial charge in [-0.15, -0.1) is 0 Å². The average molecular weight is 415 g/mol. The fourth-order valence-corrected chi connectivity index (χ4v) is 3.03. The molecule has 0 aliphatic carbocycles. The number of benzene rings is 1. The van der Waals surface area contributed by atoms with E-state index in [0.717, 1.165) is 17.7 Å². The standard InChI is InChI=1S/C23H34N4O3/c1-4-6-7-8-9-10-11-14-30-20-13-12-19(16-21(20)29-5-2)17-24-27-23-25-18(3)15-22(28)26-23/h12-13,15-17H,4-11,14H2,1-3H3,(H2,25,26,27,28)/b24-17-. The van der Waals surface area contributed by atoms with Gasteiger partial charge in [0, 0.05) is 11.8 Å². The van der Waals surface area contributed by atoms with Crippen LogP contribution in [0.4, 0.5) is 5.95 Å². The Labute approximate surface area is 178 Å². The normalized spacial score (nSPS) is 11.0. The minimum Gasteiger partial charge on any atom is -0.490 e. The fraction of sp³-hybridized carbons (Fsp3) is 0.522. The molecule has 0 aliphatic heterocycles. The zero-order valence-corrected chi connectivity index (χ0v) is 18.4. The molecule has 2 aromatic rings. The lowest BCUT2D eigenvalue weighted by atomic mass is 10.1. The van der Waals surface area contributed by atoms with Gasteiger partial charge in [-0.3, -0.25) is 9.78 Å². The zero-order valence-electron chi connectivity index (χ0n) is 18.4. The molecule has 0 radical (unpaired) electrons. The maximum atomic E-state index is 11.5. The summed E-state index contributed by atoms with van der Waals surface area (Å²) >= 11 is 0. The van der Waals surface area contributed by atoms with Crippen LogP contribution in [0.1, 0.15) is 70.1 Å². The van der Waals surface area contributed by atoms with Gasteiger partial charge in [0.05, 0.1) is 19.4 Å². The Kier molecular flexibility index (Phi) is 10.5. The fourth-order valence-electron chi connectivity index (χ4n) is 3.03. The first-order valence-electron chi connectivity index (χ1n) is 10.9. The van der Waals surface area contributed by atoms with E-state index >= 15 is 0 Å². The highest BCUT2D eigenvalue weighted by molar-refractivity contribution is 5.81. The van der Waals surface area contributed by atoms with Crippen LogP contribution >= 0.6 is 0 Å². The van der Waals surface area contributed by atoms with Crippen molar-refractivity contribution in [3.8, 4) is 11.5 Å². The van der Waals surface area contributed by atoms with Crippen molar-refractivity contribution >= 4 is 12.2 Å². The van der Waals surface area contributed by atoms with Crippen molar-refractivity contribution in [3.63, 3.8) is 0 Å². The van der Waals surface area contributed by atoms with E-state index in [1.807, 2.05) is 25.1 Å². The summed E-state index contributed by atoms with van der Waals surface area (Å²) in [4.78, 5) is 18.2. The van der Waals surface area contributed by atoms with Crippen LogP contribution in [-0.4, -0.2) is 29.4 Å². The van der Waals surface area contributed by atoms with Crippen LogP contribution in [0.25, 0.3) is 0 Å². The second-order valence-electron chi connectivity index (χ2n) is 7.21. The molecular weight excluding hydrogens is 380 g/mol. The molecule has 1 aromatic carbocycles. The minimum atomic E-state index is -0.221. The van der Waals surface area contributed by atoms with Gasteiger partial charge in [-0.05, 0) is 44.0 Å². The van der Waals surface area contributed by atoms with E-state index in [2.05, 4.69) is 27.4 Å². The Morgan fingerprint density at radius 2 is 1.80 bits per heavy atom. The SMILES string of the molecule is CCCCCCCCCOc1ccc(/C=N\Nc2nc(C)cc(=O)[nH]2)cc1OCC. The lowest BCUT2D eigenvalue weighted by Crippen LogP contribution is -2.10. The van der Waals surface area contributed by atoms with E-state index in [1.54, 1.807) is 13.1 Å². The molecule has 1 heterocycles. The van der Waals surface area contributed by atoms with Crippen molar-refractivity contribution in [3.05, 3.63) is 45.9 Å². The van der Waals surface area contributed by atoms with Crippen molar-refractivity contribution < 1.29 is 9.47 Å². The van der Waals surface area contributed by atoms with Crippen LogP contribution in [0.2, 0.25) is 0 Å². The lowest BCUT2D eigenvalue weighted by molar-refractivity contribution is 0.270.